The molecule has 0 unspecified atom stereocenters. The number of hydrogen-bond acceptors (Lipinski definition) is 3. The number of anilines is 1. The van der Waals surface area contributed by atoms with Crippen LogP contribution >= 0.6 is 0 Å². The summed E-state index contributed by atoms with van der Waals surface area (Å²) in [5.74, 6) is -3.27. The Labute approximate surface area is 125 Å². The lowest BCUT2D eigenvalue weighted by atomic mass is 10.2. The maximum atomic E-state index is 13.3. The van der Waals surface area contributed by atoms with E-state index in [2.05, 4.69) is 4.72 Å². The second-order valence-corrected chi connectivity index (χ2v) is 6.19. The van der Waals surface area contributed by atoms with Crippen LogP contribution in [0.5, 0.6) is 0 Å². The van der Waals surface area contributed by atoms with Gasteiger partial charge in [0, 0.05) is 0 Å². The highest BCUT2D eigenvalue weighted by Crippen LogP contribution is 2.22. The number of aromatic carboxylic acids is 1. The summed E-state index contributed by atoms with van der Waals surface area (Å²) in [4.78, 5) is 10.4. The van der Waals surface area contributed by atoms with Crippen molar-refractivity contribution in [3.63, 3.8) is 0 Å². The fraction of sp³-hybridized carbons (Fsp3) is 0.0714. The number of rotatable bonds is 4. The van der Waals surface area contributed by atoms with Crippen LogP contribution in [0.3, 0.4) is 0 Å². The Morgan fingerprint density at radius 2 is 1.82 bits per heavy atom. The molecule has 0 aromatic heterocycles. The van der Waals surface area contributed by atoms with Crippen LogP contribution in [0.2, 0.25) is 0 Å². The van der Waals surface area contributed by atoms with E-state index < -0.39 is 38.1 Å². The summed E-state index contributed by atoms with van der Waals surface area (Å²) in [6.45, 7) is 1.57. The first-order valence-corrected chi connectivity index (χ1v) is 7.51. The number of hydrogen-bond donors (Lipinski definition) is 2. The molecule has 0 aliphatic heterocycles. The van der Waals surface area contributed by atoms with Crippen molar-refractivity contribution in [2.24, 2.45) is 0 Å². The van der Waals surface area contributed by atoms with Gasteiger partial charge in [0.05, 0.1) is 16.1 Å². The molecule has 0 bridgehead atoms. The molecule has 0 radical (unpaired) electrons. The average Bonchev–Trinajstić information content (AvgIpc) is 2.42. The minimum atomic E-state index is -4.17. The monoisotopic (exact) mass is 327 g/mol. The molecule has 0 amide bonds. The molecule has 116 valence electrons. The van der Waals surface area contributed by atoms with Gasteiger partial charge >= 0.3 is 5.97 Å². The average molecular weight is 327 g/mol. The first kappa shape index (κ1) is 15.9. The van der Waals surface area contributed by atoms with E-state index in [1.54, 1.807) is 6.92 Å². The summed E-state index contributed by atoms with van der Waals surface area (Å²) < 4.78 is 53.0. The van der Waals surface area contributed by atoms with E-state index >= 15 is 0 Å². The Kier molecular flexibility index (Phi) is 4.14. The smallest absolute Gasteiger partial charge is 0.338 e. The van der Waals surface area contributed by atoms with Gasteiger partial charge in [-0.05, 0) is 42.8 Å². The van der Waals surface area contributed by atoms with Crippen molar-refractivity contribution in [3.05, 3.63) is 59.2 Å². The summed E-state index contributed by atoms with van der Waals surface area (Å²) in [6.07, 6.45) is 0. The van der Waals surface area contributed by atoms with Crippen LogP contribution in [0.25, 0.3) is 0 Å². The fourth-order valence-corrected chi connectivity index (χ4v) is 2.89. The number of carboxylic acids is 1. The summed E-state index contributed by atoms with van der Waals surface area (Å²) in [6, 6.07) is 5.94. The topological polar surface area (TPSA) is 83.5 Å². The molecule has 0 saturated heterocycles. The van der Waals surface area contributed by atoms with Crippen molar-refractivity contribution in [1.82, 2.24) is 0 Å². The van der Waals surface area contributed by atoms with Crippen molar-refractivity contribution in [3.8, 4) is 0 Å². The Morgan fingerprint density at radius 1 is 1.14 bits per heavy atom. The van der Waals surface area contributed by atoms with E-state index in [0.717, 1.165) is 18.2 Å². The molecule has 2 rings (SSSR count). The molecular weight excluding hydrogens is 316 g/mol. The number of sulfonamides is 1. The Bertz CT molecular complexity index is 850. The van der Waals surface area contributed by atoms with E-state index in [1.165, 1.54) is 12.1 Å². The molecule has 8 heteroatoms. The van der Waals surface area contributed by atoms with Crippen LogP contribution in [0.15, 0.2) is 41.3 Å². The van der Waals surface area contributed by atoms with Gasteiger partial charge in [-0.3, -0.25) is 4.72 Å². The normalized spacial score (nSPS) is 11.2. The first-order valence-electron chi connectivity index (χ1n) is 6.02. The van der Waals surface area contributed by atoms with Gasteiger partial charge in [-0.1, -0.05) is 6.07 Å². The van der Waals surface area contributed by atoms with Gasteiger partial charge in [0.1, 0.15) is 11.6 Å². The molecule has 22 heavy (non-hydrogen) atoms. The molecule has 0 spiro atoms. The van der Waals surface area contributed by atoms with E-state index in [9.17, 15) is 22.0 Å². The first-order chi connectivity index (χ1) is 10.2. The highest BCUT2D eigenvalue weighted by molar-refractivity contribution is 7.92. The molecule has 0 atom stereocenters. The number of benzene rings is 2. The van der Waals surface area contributed by atoms with E-state index in [-0.39, 0.29) is 5.69 Å². The quantitative estimate of drug-likeness (QED) is 0.904. The third-order valence-corrected chi connectivity index (χ3v) is 4.29. The van der Waals surface area contributed by atoms with Crippen LogP contribution in [-0.2, 0) is 10.0 Å². The molecule has 0 aliphatic carbocycles. The lowest BCUT2D eigenvalue weighted by Gasteiger charge is -2.11. The number of nitrogens with one attached hydrogen (secondary N) is 1. The maximum Gasteiger partial charge on any atom is 0.338 e. The van der Waals surface area contributed by atoms with Gasteiger partial charge in [0.25, 0.3) is 10.0 Å². The van der Waals surface area contributed by atoms with Gasteiger partial charge in [-0.15, -0.1) is 0 Å². The van der Waals surface area contributed by atoms with Gasteiger partial charge in [-0.2, -0.15) is 0 Å². The highest BCUT2D eigenvalue weighted by atomic mass is 32.2. The molecule has 0 saturated carbocycles. The standard InChI is InChI=1S/C14H11F2NO4S/c1-8-2-3-9(15)6-13(8)17-22(20,21)10-4-5-12(16)11(7-10)14(18)19/h2-7,17H,1H3,(H,18,19). The van der Waals surface area contributed by atoms with Crippen LogP contribution in [0, 0.1) is 18.6 Å². The van der Waals surface area contributed by atoms with Crippen LogP contribution in [-0.4, -0.2) is 19.5 Å². The van der Waals surface area contributed by atoms with E-state index in [1.807, 2.05) is 0 Å². The van der Waals surface area contributed by atoms with Gasteiger partial charge in [0.2, 0.25) is 0 Å². The number of aryl methyl sites for hydroxylation is 1. The zero-order valence-corrected chi connectivity index (χ0v) is 12.1. The molecular formula is C14H11F2NO4S. The molecule has 5 nitrogen and oxygen atoms in total. The molecule has 0 heterocycles. The van der Waals surface area contributed by atoms with E-state index in [0.29, 0.717) is 11.6 Å². The van der Waals surface area contributed by atoms with Gasteiger partial charge in [-0.25, -0.2) is 22.0 Å². The third-order valence-electron chi connectivity index (χ3n) is 2.92. The second kappa shape index (κ2) is 5.72. The maximum absolute atomic E-state index is 13.3. The van der Waals surface area contributed by atoms with Crippen molar-refractivity contribution >= 4 is 21.7 Å². The van der Waals surface area contributed by atoms with Crippen LogP contribution < -0.4 is 4.72 Å². The Balaban J connectivity index is 2.45. The minimum Gasteiger partial charge on any atom is -0.478 e. The zero-order chi connectivity index (χ0) is 16.5. The van der Waals surface area contributed by atoms with Crippen molar-refractivity contribution < 1.29 is 27.1 Å². The van der Waals surface area contributed by atoms with Gasteiger partial charge in [0.15, 0.2) is 0 Å². The lowest BCUT2D eigenvalue weighted by molar-refractivity contribution is 0.0691. The zero-order valence-electron chi connectivity index (χ0n) is 11.3. The number of halogens is 2. The van der Waals surface area contributed by atoms with Crippen molar-refractivity contribution in [1.29, 1.82) is 0 Å². The second-order valence-electron chi connectivity index (χ2n) is 4.51. The van der Waals surface area contributed by atoms with Crippen LogP contribution in [0.1, 0.15) is 15.9 Å². The fourth-order valence-electron chi connectivity index (χ4n) is 1.74. The molecule has 0 aliphatic rings. The predicted molar refractivity (Wildman–Crippen MR) is 75.3 cm³/mol. The number of carboxylic acid groups (broad SMARTS) is 1. The Hall–Kier alpha value is -2.48. The summed E-state index contributed by atoms with van der Waals surface area (Å²) in [5, 5.41) is 8.82. The molecule has 2 aromatic rings. The highest BCUT2D eigenvalue weighted by Gasteiger charge is 2.20. The third kappa shape index (κ3) is 3.22. The van der Waals surface area contributed by atoms with Crippen molar-refractivity contribution in [2.75, 3.05) is 4.72 Å². The number of carbonyl (C=O) groups is 1. The SMILES string of the molecule is Cc1ccc(F)cc1NS(=O)(=O)c1ccc(F)c(C(=O)O)c1. The Morgan fingerprint density at radius 3 is 2.45 bits per heavy atom. The van der Waals surface area contributed by atoms with E-state index in [4.69, 9.17) is 5.11 Å². The molecule has 2 N–H and O–H groups in total. The molecule has 2 aromatic carbocycles. The summed E-state index contributed by atoms with van der Waals surface area (Å²) in [5.41, 5.74) is -0.273. The van der Waals surface area contributed by atoms with Gasteiger partial charge < -0.3 is 5.11 Å². The minimum absolute atomic E-state index is 0.0150. The predicted octanol–water partition coefficient (Wildman–Crippen LogP) is 2.77. The summed E-state index contributed by atoms with van der Waals surface area (Å²) in [7, 11) is -4.17. The molecule has 0 fully saturated rings. The largest absolute Gasteiger partial charge is 0.478 e. The lowest BCUT2D eigenvalue weighted by Crippen LogP contribution is -2.15. The van der Waals surface area contributed by atoms with Crippen molar-refractivity contribution in [2.45, 2.75) is 11.8 Å². The van der Waals surface area contributed by atoms with Crippen LogP contribution in [0.4, 0.5) is 14.5 Å². The summed E-state index contributed by atoms with van der Waals surface area (Å²) >= 11 is 0.